The van der Waals surface area contributed by atoms with Crippen LogP contribution in [0.3, 0.4) is 0 Å². The molecule has 168 valence electrons. The standard InChI is InChI=1S/C24H28ClN5OS/c1-13-14(2)32-22-19(13)20(16-7-9-17(25)10-8-16)27-18(21-29-28-15(3)30(21)22)11-12-26-23(31)24(4,5)6/h7-10,18H,11-12H2,1-6H3,(H,26,31)/t18-/m1/s1. The van der Waals surface area contributed by atoms with Crippen molar-refractivity contribution in [2.75, 3.05) is 6.54 Å². The van der Waals surface area contributed by atoms with Crippen molar-refractivity contribution in [1.82, 2.24) is 20.1 Å². The van der Waals surface area contributed by atoms with E-state index >= 15 is 0 Å². The molecule has 8 heteroatoms. The van der Waals surface area contributed by atoms with Gasteiger partial charge in [-0.2, -0.15) is 0 Å². The lowest BCUT2D eigenvalue weighted by Crippen LogP contribution is -2.35. The molecular weight excluding hydrogens is 442 g/mol. The van der Waals surface area contributed by atoms with E-state index in [1.165, 1.54) is 10.4 Å². The van der Waals surface area contributed by atoms with Gasteiger partial charge in [-0.1, -0.05) is 44.5 Å². The first-order valence-electron chi connectivity index (χ1n) is 10.7. The van der Waals surface area contributed by atoms with Crippen molar-refractivity contribution < 1.29 is 4.79 Å². The first-order chi connectivity index (χ1) is 15.1. The largest absolute Gasteiger partial charge is 0.356 e. The summed E-state index contributed by atoms with van der Waals surface area (Å²) in [6.45, 7) is 12.5. The maximum Gasteiger partial charge on any atom is 0.225 e. The third-order valence-corrected chi connectivity index (χ3v) is 7.19. The van der Waals surface area contributed by atoms with Gasteiger partial charge in [-0.15, -0.1) is 21.5 Å². The number of thiophene rings is 1. The molecule has 32 heavy (non-hydrogen) atoms. The zero-order valence-corrected chi connectivity index (χ0v) is 20.9. The summed E-state index contributed by atoms with van der Waals surface area (Å²) < 4.78 is 2.13. The molecule has 4 rings (SSSR count). The predicted octanol–water partition coefficient (Wildman–Crippen LogP) is 5.35. The van der Waals surface area contributed by atoms with Crippen molar-refractivity contribution in [3.8, 4) is 5.00 Å². The molecule has 0 saturated heterocycles. The molecule has 0 aliphatic carbocycles. The van der Waals surface area contributed by atoms with Crippen molar-refractivity contribution in [3.05, 3.63) is 62.5 Å². The van der Waals surface area contributed by atoms with Crippen LogP contribution in [0.5, 0.6) is 0 Å². The number of nitrogens with one attached hydrogen (secondary N) is 1. The van der Waals surface area contributed by atoms with Gasteiger partial charge in [-0.3, -0.25) is 14.4 Å². The highest BCUT2D eigenvalue weighted by molar-refractivity contribution is 7.15. The zero-order valence-electron chi connectivity index (χ0n) is 19.3. The molecule has 1 aliphatic rings. The van der Waals surface area contributed by atoms with Crippen LogP contribution < -0.4 is 5.32 Å². The molecule has 1 aliphatic heterocycles. The number of aliphatic imine (C=N–C) groups is 1. The molecule has 0 radical (unpaired) electrons. The minimum atomic E-state index is -0.434. The number of amides is 1. The fraction of sp³-hybridized carbons (Fsp3) is 0.417. The van der Waals surface area contributed by atoms with Crippen molar-refractivity contribution >= 4 is 34.6 Å². The van der Waals surface area contributed by atoms with E-state index in [1.807, 2.05) is 52.0 Å². The average Bonchev–Trinajstić information content (AvgIpc) is 3.20. The molecule has 3 heterocycles. The SMILES string of the molecule is Cc1sc2c(c1C)C(c1ccc(Cl)cc1)=N[C@H](CCNC(=O)C(C)(C)C)c1nnc(C)n1-2. The van der Waals surface area contributed by atoms with Crippen molar-refractivity contribution in [2.45, 2.75) is 54.0 Å². The second-order valence-corrected chi connectivity index (χ2v) is 10.8. The van der Waals surface area contributed by atoms with Gasteiger partial charge in [0, 0.05) is 33.0 Å². The van der Waals surface area contributed by atoms with Crippen LogP contribution in [0.25, 0.3) is 5.00 Å². The van der Waals surface area contributed by atoms with Gasteiger partial charge >= 0.3 is 0 Å². The number of rotatable bonds is 4. The Hall–Kier alpha value is -2.51. The number of hydrogen-bond donors (Lipinski definition) is 1. The number of halogens is 1. The van der Waals surface area contributed by atoms with Crippen LogP contribution in [0.2, 0.25) is 5.02 Å². The van der Waals surface area contributed by atoms with Gasteiger partial charge in [0.1, 0.15) is 16.9 Å². The molecule has 0 saturated carbocycles. The highest BCUT2D eigenvalue weighted by Gasteiger charge is 2.31. The van der Waals surface area contributed by atoms with Crippen LogP contribution in [-0.4, -0.2) is 32.9 Å². The number of fused-ring (bicyclic) bond motifs is 3. The summed E-state index contributed by atoms with van der Waals surface area (Å²) in [5.74, 6) is 1.66. The number of aromatic nitrogens is 3. The van der Waals surface area contributed by atoms with Crippen molar-refractivity contribution in [1.29, 1.82) is 0 Å². The van der Waals surface area contributed by atoms with E-state index in [0.717, 1.165) is 33.5 Å². The Morgan fingerprint density at radius 2 is 1.84 bits per heavy atom. The Labute approximate surface area is 197 Å². The third kappa shape index (κ3) is 4.11. The molecule has 0 fully saturated rings. The van der Waals surface area contributed by atoms with Crippen LogP contribution >= 0.6 is 22.9 Å². The topological polar surface area (TPSA) is 72.2 Å². The molecule has 0 unspecified atom stereocenters. The molecule has 3 aromatic rings. The lowest BCUT2D eigenvalue weighted by Gasteiger charge is -2.19. The van der Waals surface area contributed by atoms with Crippen LogP contribution in [0.1, 0.15) is 66.5 Å². The minimum absolute atomic E-state index is 0.0243. The Balaban J connectivity index is 1.81. The summed E-state index contributed by atoms with van der Waals surface area (Å²) in [4.78, 5) is 18.8. The number of aryl methyl sites for hydroxylation is 2. The van der Waals surface area contributed by atoms with E-state index in [2.05, 4.69) is 33.9 Å². The molecule has 2 aromatic heterocycles. The quantitative estimate of drug-likeness (QED) is 0.559. The second kappa shape index (κ2) is 8.45. The Morgan fingerprint density at radius 3 is 2.50 bits per heavy atom. The van der Waals surface area contributed by atoms with Crippen LogP contribution in [0, 0.1) is 26.2 Å². The zero-order chi connectivity index (χ0) is 23.2. The van der Waals surface area contributed by atoms with Gasteiger partial charge in [0.25, 0.3) is 0 Å². The molecule has 6 nitrogen and oxygen atoms in total. The van der Waals surface area contributed by atoms with Gasteiger partial charge in [0.2, 0.25) is 5.91 Å². The van der Waals surface area contributed by atoms with Gasteiger partial charge in [0.05, 0.1) is 5.71 Å². The van der Waals surface area contributed by atoms with Crippen LogP contribution in [0.15, 0.2) is 29.3 Å². The van der Waals surface area contributed by atoms with E-state index < -0.39 is 5.41 Å². The summed E-state index contributed by atoms with van der Waals surface area (Å²) in [5.41, 5.74) is 3.82. The fourth-order valence-corrected chi connectivity index (χ4v) is 5.12. The predicted molar refractivity (Wildman–Crippen MR) is 130 cm³/mol. The van der Waals surface area contributed by atoms with Gasteiger partial charge in [-0.25, -0.2) is 0 Å². The highest BCUT2D eigenvalue weighted by atomic mass is 35.5. The summed E-state index contributed by atoms with van der Waals surface area (Å²) in [6.07, 6.45) is 0.629. The Bertz CT molecular complexity index is 1200. The summed E-state index contributed by atoms with van der Waals surface area (Å²) in [7, 11) is 0. The molecule has 1 N–H and O–H groups in total. The Morgan fingerprint density at radius 1 is 1.16 bits per heavy atom. The van der Waals surface area contributed by atoms with Crippen LogP contribution in [-0.2, 0) is 4.79 Å². The molecule has 0 bridgehead atoms. The summed E-state index contributed by atoms with van der Waals surface area (Å²) in [6, 6.07) is 7.57. The lowest BCUT2D eigenvalue weighted by molar-refractivity contribution is -0.128. The normalized spacial score (nSPS) is 15.6. The monoisotopic (exact) mass is 469 g/mol. The van der Waals surface area contributed by atoms with E-state index in [4.69, 9.17) is 16.6 Å². The van der Waals surface area contributed by atoms with Crippen LogP contribution in [0.4, 0.5) is 0 Å². The van der Waals surface area contributed by atoms with E-state index in [1.54, 1.807) is 11.3 Å². The first kappa shape index (κ1) is 22.7. The highest BCUT2D eigenvalue weighted by Crippen LogP contribution is 2.39. The number of nitrogens with zero attached hydrogens (tertiary/aromatic N) is 4. The number of carbonyl (C=O) groups excluding carboxylic acids is 1. The smallest absolute Gasteiger partial charge is 0.225 e. The maximum absolute atomic E-state index is 12.4. The summed E-state index contributed by atoms with van der Waals surface area (Å²) in [5, 5.41) is 13.7. The van der Waals surface area contributed by atoms with Gasteiger partial charge in [-0.05, 0) is 44.9 Å². The average molecular weight is 470 g/mol. The lowest BCUT2D eigenvalue weighted by atomic mass is 9.95. The third-order valence-electron chi connectivity index (χ3n) is 5.74. The van der Waals surface area contributed by atoms with Crippen molar-refractivity contribution in [3.63, 3.8) is 0 Å². The fourth-order valence-electron chi connectivity index (χ4n) is 3.78. The van der Waals surface area contributed by atoms with Gasteiger partial charge in [0.15, 0.2) is 5.82 Å². The first-order valence-corrected chi connectivity index (χ1v) is 11.9. The molecule has 1 aromatic carbocycles. The Kier molecular flexibility index (Phi) is 5.98. The van der Waals surface area contributed by atoms with Gasteiger partial charge < -0.3 is 5.32 Å². The molecule has 0 spiro atoms. The maximum atomic E-state index is 12.4. The van der Waals surface area contributed by atoms with E-state index in [-0.39, 0.29) is 11.9 Å². The van der Waals surface area contributed by atoms with Crippen molar-refractivity contribution in [2.24, 2.45) is 10.4 Å². The summed E-state index contributed by atoms with van der Waals surface area (Å²) >= 11 is 7.89. The minimum Gasteiger partial charge on any atom is -0.356 e. The van der Waals surface area contributed by atoms with E-state index in [9.17, 15) is 4.79 Å². The van der Waals surface area contributed by atoms with E-state index in [0.29, 0.717) is 18.0 Å². The number of carbonyl (C=O) groups is 1. The number of benzene rings is 1. The number of hydrogen-bond acceptors (Lipinski definition) is 5. The molecule has 1 amide bonds. The molecular formula is C24H28ClN5OS. The molecule has 1 atom stereocenters. The second-order valence-electron chi connectivity index (χ2n) is 9.20.